The molecule has 2 amide bonds. The van der Waals surface area contributed by atoms with Crippen LogP contribution in [0.2, 0.25) is 0 Å². The minimum absolute atomic E-state index is 0.116. The summed E-state index contributed by atoms with van der Waals surface area (Å²) in [6, 6.07) is 20.0. The number of amides is 2. The third kappa shape index (κ3) is 4.70. The molecule has 1 heterocycles. The van der Waals surface area contributed by atoms with Gasteiger partial charge in [-0.1, -0.05) is 30.3 Å². The molecule has 0 aliphatic carbocycles. The van der Waals surface area contributed by atoms with E-state index in [0.717, 1.165) is 5.56 Å². The number of hydrogen-bond donors (Lipinski definition) is 2. The number of para-hydroxylation sites is 1. The van der Waals surface area contributed by atoms with Gasteiger partial charge in [-0.05, 0) is 42.0 Å². The largest absolute Gasteiger partial charge is 0.355 e. The molecule has 7 heteroatoms. The molecule has 0 spiro atoms. The van der Waals surface area contributed by atoms with Crippen molar-refractivity contribution in [2.24, 2.45) is 0 Å². The van der Waals surface area contributed by atoms with Gasteiger partial charge in [0.05, 0.1) is 0 Å². The predicted molar refractivity (Wildman–Crippen MR) is 108 cm³/mol. The molecule has 0 saturated carbocycles. The van der Waals surface area contributed by atoms with Gasteiger partial charge in [-0.2, -0.15) is 0 Å². The molecule has 0 aliphatic heterocycles. The van der Waals surface area contributed by atoms with E-state index in [-0.39, 0.29) is 17.5 Å². The SMILES string of the molecule is CNC(=O)c1ccc(CN(C)c2ccc(C(=O)Nc3ccccc3)nn2)cc1. The minimum Gasteiger partial charge on any atom is -0.355 e. The van der Waals surface area contributed by atoms with Gasteiger partial charge >= 0.3 is 0 Å². The van der Waals surface area contributed by atoms with Crippen LogP contribution >= 0.6 is 0 Å². The Bertz CT molecular complexity index is 941. The Kier molecular flexibility index (Phi) is 5.96. The minimum atomic E-state index is -0.308. The van der Waals surface area contributed by atoms with Crippen molar-refractivity contribution < 1.29 is 9.59 Å². The third-order valence-electron chi connectivity index (χ3n) is 4.17. The summed E-state index contributed by atoms with van der Waals surface area (Å²) >= 11 is 0. The molecule has 0 aliphatic rings. The van der Waals surface area contributed by atoms with Gasteiger partial charge in [0, 0.05) is 31.9 Å². The first kappa shape index (κ1) is 19.0. The van der Waals surface area contributed by atoms with Gasteiger partial charge in [0.15, 0.2) is 11.5 Å². The van der Waals surface area contributed by atoms with Crippen molar-refractivity contribution in [1.29, 1.82) is 0 Å². The van der Waals surface area contributed by atoms with Crippen LogP contribution in [0.3, 0.4) is 0 Å². The average molecular weight is 375 g/mol. The van der Waals surface area contributed by atoms with Gasteiger partial charge in [-0.15, -0.1) is 10.2 Å². The lowest BCUT2D eigenvalue weighted by Gasteiger charge is -2.18. The first-order valence-corrected chi connectivity index (χ1v) is 8.79. The van der Waals surface area contributed by atoms with E-state index in [1.165, 1.54) is 0 Å². The van der Waals surface area contributed by atoms with Crippen LogP contribution in [0.1, 0.15) is 26.4 Å². The van der Waals surface area contributed by atoms with E-state index in [4.69, 9.17) is 0 Å². The molecule has 0 unspecified atom stereocenters. The van der Waals surface area contributed by atoms with Crippen LogP contribution in [-0.4, -0.2) is 36.1 Å². The van der Waals surface area contributed by atoms with Crippen LogP contribution in [0.25, 0.3) is 0 Å². The summed E-state index contributed by atoms with van der Waals surface area (Å²) < 4.78 is 0. The Labute approximate surface area is 163 Å². The highest BCUT2D eigenvalue weighted by molar-refractivity contribution is 6.02. The van der Waals surface area contributed by atoms with Gasteiger partial charge in [0.2, 0.25) is 0 Å². The molecule has 7 nitrogen and oxygen atoms in total. The van der Waals surface area contributed by atoms with Crippen LogP contribution in [0.15, 0.2) is 66.7 Å². The molecule has 142 valence electrons. The number of nitrogens with zero attached hydrogens (tertiary/aromatic N) is 3. The lowest BCUT2D eigenvalue weighted by atomic mass is 10.1. The maximum atomic E-state index is 12.2. The fourth-order valence-electron chi connectivity index (χ4n) is 2.63. The topological polar surface area (TPSA) is 87.2 Å². The molecule has 28 heavy (non-hydrogen) atoms. The van der Waals surface area contributed by atoms with Crippen molar-refractivity contribution in [3.05, 3.63) is 83.6 Å². The number of aromatic nitrogens is 2. The monoisotopic (exact) mass is 375 g/mol. The lowest BCUT2D eigenvalue weighted by Crippen LogP contribution is -2.20. The molecule has 0 saturated heterocycles. The third-order valence-corrected chi connectivity index (χ3v) is 4.17. The number of anilines is 2. The highest BCUT2D eigenvalue weighted by atomic mass is 16.2. The van der Waals surface area contributed by atoms with E-state index < -0.39 is 0 Å². The molecular weight excluding hydrogens is 354 g/mol. The number of benzene rings is 2. The zero-order valence-corrected chi connectivity index (χ0v) is 15.7. The van der Waals surface area contributed by atoms with Crippen LogP contribution in [-0.2, 0) is 6.54 Å². The Morgan fingerprint density at radius 2 is 1.61 bits per heavy atom. The van der Waals surface area contributed by atoms with Crippen molar-refractivity contribution in [2.75, 3.05) is 24.3 Å². The average Bonchev–Trinajstić information content (AvgIpc) is 2.74. The van der Waals surface area contributed by atoms with Crippen molar-refractivity contribution in [3.8, 4) is 0 Å². The summed E-state index contributed by atoms with van der Waals surface area (Å²) in [4.78, 5) is 25.8. The number of carbonyl (C=O) groups excluding carboxylic acids is 2. The fraction of sp³-hybridized carbons (Fsp3) is 0.143. The Hall–Kier alpha value is -3.74. The highest BCUT2D eigenvalue weighted by Gasteiger charge is 2.11. The van der Waals surface area contributed by atoms with Crippen LogP contribution in [0.5, 0.6) is 0 Å². The molecule has 1 aromatic heterocycles. The van der Waals surface area contributed by atoms with E-state index >= 15 is 0 Å². The van der Waals surface area contributed by atoms with E-state index in [9.17, 15) is 9.59 Å². The van der Waals surface area contributed by atoms with Gasteiger partial charge in [0.1, 0.15) is 0 Å². The zero-order chi connectivity index (χ0) is 19.9. The Balaban J connectivity index is 1.62. The number of hydrogen-bond acceptors (Lipinski definition) is 5. The lowest BCUT2D eigenvalue weighted by molar-refractivity contribution is 0.0962. The van der Waals surface area contributed by atoms with Crippen molar-refractivity contribution in [2.45, 2.75) is 6.54 Å². The molecule has 0 atom stereocenters. The standard InChI is InChI=1S/C21H21N5O2/c1-22-20(27)16-10-8-15(9-11-16)14-26(2)19-13-12-18(24-25-19)21(28)23-17-6-4-3-5-7-17/h3-13H,14H2,1-2H3,(H,22,27)(H,23,28). The second-order valence-electron chi connectivity index (χ2n) is 6.23. The van der Waals surface area contributed by atoms with Gasteiger partial charge in [-0.25, -0.2) is 0 Å². The maximum absolute atomic E-state index is 12.2. The summed E-state index contributed by atoms with van der Waals surface area (Å²) in [5.41, 5.74) is 2.59. The van der Waals surface area contributed by atoms with Crippen LogP contribution in [0, 0.1) is 0 Å². The van der Waals surface area contributed by atoms with E-state index in [0.29, 0.717) is 23.6 Å². The predicted octanol–water partition coefficient (Wildman–Crippen LogP) is 2.72. The maximum Gasteiger partial charge on any atom is 0.276 e. The Morgan fingerprint density at radius 3 is 2.21 bits per heavy atom. The Morgan fingerprint density at radius 1 is 0.893 bits per heavy atom. The molecule has 0 bridgehead atoms. The first-order chi connectivity index (χ1) is 13.6. The summed E-state index contributed by atoms with van der Waals surface area (Å²) in [5.74, 6) is 0.222. The van der Waals surface area contributed by atoms with Crippen LogP contribution < -0.4 is 15.5 Å². The summed E-state index contributed by atoms with van der Waals surface area (Å²) in [6.07, 6.45) is 0. The quantitative estimate of drug-likeness (QED) is 0.692. The van der Waals surface area contributed by atoms with Crippen molar-refractivity contribution >= 4 is 23.3 Å². The number of nitrogens with one attached hydrogen (secondary N) is 2. The first-order valence-electron chi connectivity index (χ1n) is 8.79. The van der Waals surface area contributed by atoms with Crippen molar-refractivity contribution in [1.82, 2.24) is 15.5 Å². The highest BCUT2D eigenvalue weighted by Crippen LogP contribution is 2.14. The normalized spacial score (nSPS) is 10.2. The molecule has 2 aromatic carbocycles. The molecular formula is C21H21N5O2. The molecule has 3 aromatic rings. The summed E-state index contributed by atoms with van der Waals surface area (Å²) in [5, 5.41) is 13.6. The van der Waals surface area contributed by atoms with E-state index in [1.807, 2.05) is 54.4 Å². The van der Waals surface area contributed by atoms with Gasteiger partial charge in [0.25, 0.3) is 11.8 Å². The second-order valence-corrected chi connectivity index (χ2v) is 6.23. The summed E-state index contributed by atoms with van der Waals surface area (Å²) in [6.45, 7) is 0.595. The molecule has 0 fully saturated rings. The van der Waals surface area contributed by atoms with E-state index in [2.05, 4.69) is 20.8 Å². The molecule has 0 radical (unpaired) electrons. The van der Waals surface area contributed by atoms with Gasteiger partial charge < -0.3 is 15.5 Å². The van der Waals surface area contributed by atoms with Crippen LogP contribution in [0.4, 0.5) is 11.5 Å². The van der Waals surface area contributed by atoms with Gasteiger partial charge in [-0.3, -0.25) is 9.59 Å². The second kappa shape index (κ2) is 8.77. The smallest absolute Gasteiger partial charge is 0.276 e. The molecule has 3 rings (SSSR count). The number of carbonyl (C=O) groups is 2. The van der Waals surface area contributed by atoms with Crippen molar-refractivity contribution in [3.63, 3.8) is 0 Å². The fourth-order valence-corrected chi connectivity index (χ4v) is 2.63. The summed E-state index contributed by atoms with van der Waals surface area (Å²) in [7, 11) is 3.49. The van der Waals surface area contributed by atoms with E-state index in [1.54, 1.807) is 31.3 Å². The molecule has 2 N–H and O–H groups in total. The zero-order valence-electron chi connectivity index (χ0n) is 15.7. The number of rotatable bonds is 6.